The molecule has 1 aliphatic rings. The van der Waals surface area contributed by atoms with Gasteiger partial charge < -0.3 is 0 Å². The first-order valence-electron chi connectivity index (χ1n) is 6.32. The lowest BCUT2D eigenvalue weighted by molar-refractivity contribution is 0.0936. The highest BCUT2D eigenvalue weighted by Crippen LogP contribution is 2.33. The smallest absolute Gasteiger partial charge is 0.166 e. The third-order valence-electron chi connectivity index (χ3n) is 3.71. The Morgan fingerprint density at radius 1 is 1.15 bits per heavy atom. The molecule has 0 bridgehead atoms. The van der Waals surface area contributed by atoms with Crippen LogP contribution < -0.4 is 0 Å². The van der Waals surface area contributed by atoms with E-state index in [0.717, 1.165) is 16.1 Å². The van der Waals surface area contributed by atoms with Crippen molar-refractivity contribution < 1.29 is 13.6 Å². The van der Waals surface area contributed by atoms with Crippen molar-refractivity contribution in [2.45, 2.75) is 12.8 Å². The van der Waals surface area contributed by atoms with Gasteiger partial charge in [0.1, 0.15) is 0 Å². The zero-order valence-corrected chi connectivity index (χ0v) is 12.1. The summed E-state index contributed by atoms with van der Waals surface area (Å²) >= 11 is 3.44. The van der Waals surface area contributed by atoms with Gasteiger partial charge in [-0.15, -0.1) is 0 Å². The maximum absolute atomic E-state index is 13.7. The molecule has 0 fully saturated rings. The molecule has 1 unspecified atom stereocenters. The van der Waals surface area contributed by atoms with Gasteiger partial charge in [-0.3, -0.25) is 4.79 Å². The highest BCUT2D eigenvalue weighted by atomic mass is 79.9. The van der Waals surface area contributed by atoms with Gasteiger partial charge in [0.2, 0.25) is 0 Å². The Morgan fingerprint density at radius 3 is 2.65 bits per heavy atom. The number of hydrogen-bond acceptors (Lipinski definition) is 1. The topological polar surface area (TPSA) is 17.1 Å². The van der Waals surface area contributed by atoms with E-state index in [0.29, 0.717) is 12.0 Å². The molecule has 4 heteroatoms. The third-order valence-corrected chi connectivity index (χ3v) is 4.48. The SMILES string of the molecule is O=C1c2ccc(F)c(F)c2CC1Cc1ccccc1Br. The normalized spacial score (nSPS) is 17.4. The lowest BCUT2D eigenvalue weighted by Gasteiger charge is -2.09. The third kappa shape index (κ3) is 2.18. The second-order valence-corrected chi connectivity index (χ2v) is 5.80. The van der Waals surface area contributed by atoms with Crippen molar-refractivity contribution in [2.24, 2.45) is 5.92 Å². The average Bonchev–Trinajstić information content (AvgIpc) is 2.75. The van der Waals surface area contributed by atoms with Crippen molar-refractivity contribution in [2.75, 3.05) is 0 Å². The second kappa shape index (κ2) is 5.09. The first kappa shape index (κ1) is 13.4. The number of fused-ring (bicyclic) bond motifs is 1. The van der Waals surface area contributed by atoms with E-state index in [2.05, 4.69) is 15.9 Å². The highest BCUT2D eigenvalue weighted by molar-refractivity contribution is 9.10. The summed E-state index contributed by atoms with van der Waals surface area (Å²) in [5.41, 5.74) is 1.53. The molecule has 0 N–H and O–H groups in total. The minimum absolute atomic E-state index is 0.102. The Labute approximate surface area is 123 Å². The lowest BCUT2D eigenvalue weighted by Crippen LogP contribution is -2.12. The molecule has 0 saturated heterocycles. The van der Waals surface area contributed by atoms with E-state index in [1.54, 1.807) is 0 Å². The number of hydrogen-bond donors (Lipinski definition) is 0. The van der Waals surface area contributed by atoms with E-state index in [1.807, 2.05) is 24.3 Å². The molecule has 1 atom stereocenters. The Balaban J connectivity index is 1.91. The summed E-state index contributed by atoms with van der Waals surface area (Å²) in [7, 11) is 0. The Bertz CT molecular complexity index is 697. The largest absolute Gasteiger partial charge is 0.294 e. The van der Waals surface area contributed by atoms with Crippen LogP contribution in [-0.4, -0.2) is 5.78 Å². The van der Waals surface area contributed by atoms with Crippen LogP contribution in [0.4, 0.5) is 8.78 Å². The Hall–Kier alpha value is -1.55. The van der Waals surface area contributed by atoms with Crippen molar-refractivity contribution in [3.8, 4) is 0 Å². The molecule has 2 aromatic rings. The predicted molar refractivity (Wildman–Crippen MR) is 75.7 cm³/mol. The maximum atomic E-state index is 13.7. The van der Waals surface area contributed by atoms with Gasteiger partial charge in [-0.1, -0.05) is 34.1 Å². The van der Waals surface area contributed by atoms with Crippen LogP contribution in [0, 0.1) is 17.6 Å². The summed E-state index contributed by atoms with van der Waals surface area (Å²) in [4.78, 5) is 12.3. The van der Waals surface area contributed by atoms with Gasteiger partial charge >= 0.3 is 0 Å². The fraction of sp³-hybridized carbons (Fsp3) is 0.188. The van der Waals surface area contributed by atoms with Gasteiger partial charge in [-0.05, 0) is 36.6 Å². The predicted octanol–water partition coefficient (Wildman–Crippen LogP) is 4.33. The number of halogens is 3. The number of rotatable bonds is 2. The molecule has 0 aliphatic heterocycles. The van der Waals surface area contributed by atoms with E-state index in [9.17, 15) is 13.6 Å². The second-order valence-electron chi connectivity index (χ2n) is 4.95. The van der Waals surface area contributed by atoms with Gasteiger partial charge in [0.05, 0.1) is 0 Å². The van der Waals surface area contributed by atoms with Crippen LogP contribution >= 0.6 is 15.9 Å². The van der Waals surface area contributed by atoms with Crippen molar-refractivity contribution in [3.63, 3.8) is 0 Å². The molecule has 0 amide bonds. The molecular formula is C16H11BrF2O. The van der Waals surface area contributed by atoms with Crippen molar-refractivity contribution in [3.05, 3.63) is 69.2 Å². The molecule has 0 aromatic heterocycles. The van der Waals surface area contributed by atoms with Crippen LogP contribution in [0.25, 0.3) is 0 Å². The molecule has 0 radical (unpaired) electrons. The first-order chi connectivity index (χ1) is 9.58. The van der Waals surface area contributed by atoms with Crippen LogP contribution in [0.15, 0.2) is 40.9 Å². The quantitative estimate of drug-likeness (QED) is 0.797. The summed E-state index contributed by atoms with van der Waals surface area (Å²) in [6.45, 7) is 0. The number of Topliss-reactive ketones (excluding diaryl/α,β-unsaturated/α-hetero) is 1. The minimum Gasteiger partial charge on any atom is -0.294 e. The van der Waals surface area contributed by atoms with Crippen LogP contribution in [0.2, 0.25) is 0 Å². The van der Waals surface area contributed by atoms with E-state index >= 15 is 0 Å². The molecule has 0 spiro atoms. The molecule has 20 heavy (non-hydrogen) atoms. The molecule has 3 rings (SSSR count). The van der Waals surface area contributed by atoms with E-state index < -0.39 is 11.6 Å². The highest BCUT2D eigenvalue weighted by Gasteiger charge is 2.33. The van der Waals surface area contributed by atoms with Gasteiger partial charge in [0, 0.05) is 21.5 Å². The molecule has 1 aliphatic carbocycles. The van der Waals surface area contributed by atoms with E-state index in [-0.39, 0.29) is 23.7 Å². The van der Waals surface area contributed by atoms with Crippen LogP contribution in [0.3, 0.4) is 0 Å². The monoisotopic (exact) mass is 336 g/mol. The number of ketones is 1. The van der Waals surface area contributed by atoms with E-state index in [4.69, 9.17) is 0 Å². The number of carbonyl (C=O) groups excluding carboxylic acids is 1. The number of carbonyl (C=O) groups is 1. The maximum Gasteiger partial charge on any atom is 0.166 e. The lowest BCUT2D eigenvalue weighted by atomic mass is 9.96. The Kier molecular flexibility index (Phi) is 3.42. The summed E-state index contributed by atoms with van der Waals surface area (Å²) in [5, 5.41) is 0. The summed E-state index contributed by atoms with van der Waals surface area (Å²) in [6, 6.07) is 10.0. The fourth-order valence-electron chi connectivity index (χ4n) is 2.68. The van der Waals surface area contributed by atoms with Crippen molar-refractivity contribution in [1.29, 1.82) is 0 Å². The van der Waals surface area contributed by atoms with Crippen LogP contribution in [0.5, 0.6) is 0 Å². The zero-order chi connectivity index (χ0) is 14.3. The van der Waals surface area contributed by atoms with Gasteiger partial charge in [0.25, 0.3) is 0 Å². The van der Waals surface area contributed by atoms with Gasteiger partial charge in [0.15, 0.2) is 17.4 Å². The summed E-state index contributed by atoms with van der Waals surface area (Å²) in [5.74, 6) is -2.20. The van der Waals surface area contributed by atoms with Gasteiger partial charge in [-0.25, -0.2) is 8.78 Å². The van der Waals surface area contributed by atoms with Crippen molar-refractivity contribution in [1.82, 2.24) is 0 Å². The Morgan fingerprint density at radius 2 is 1.90 bits per heavy atom. The molecule has 102 valence electrons. The minimum atomic E-state index is -0.891. The van der Waals surface area contributed by atoms with E-state index in [1.165, 1.54) is 6.07 Å². The molecule has 0 heterocycles. The van der Waals surface area contributed by atoms with Crippen LogP contribution in [0.1, 0.15) is 21.5 Å². The molecule has 0 saturated carbocycles. The standard InChI is InChI=1S/C16H11BrF2O/c17-13-4-2-1-3-9(13)7-10-8-12-11(16(10)20)5-6-14(18)15(12)19/h1-6,10H,7-8H2. The summed E-state index contributed by atoms with van der Waals surface area (Å²) < 4.78 is 27.9. The molecule has 2 aromatic carbocycles. The molecule has 1 nitrogen and oxygen atoms in total. The van der Waals surface area contributed by atoms with Crippen LogP contribution in [-0.2, 0) is 12.8 Å². The average molecular weight is 337 g/mol. The van der Waals surface area contributed by atoms with Crippen molar-refractivity contribution >= 4 is 21.7 Å². The van der Waals surface area contributed by atoms with Gasteiger partial charge in [-0.2, -0.15) is 0 Å². The zero-order valence-electron chi connectivity index (χ0n) is 10.5. The molecular weight excluding hydrogens is 326 g/mol. The first-order valence-corrected chi connectivity index (χ1v) is 7.11. The number of benzene rings is 2. The summed E-state index contributed by atoms with van der Waals surface area (Å²) in [6.07, 6.45) is 0.787. The fourth-order valence-corrected chi connectivity index (χ4v) is 3.12.